The van der Waals surface area contributed by atoms with Crippen LogP contribution >= 0.6 is 24.8 Å². The van der Waals surface area contributed by atoms with Crippen molar-refractivity contribution in [2.24, 2.45) is 11.7 Å². The highest BCUT2D eigenvalue weighted by Crippen LogP contribution is 2.33. The van der Waals surface area contributed by atoms with Crippen LogP contribution in [0.5, 0.6) is 5.75 Å². The number of nitrogens with two attached hydrogens (primary N) is 1. The SMILES string of the molecule is COc1ccc(-c2c(CN)c(CC(C)C)nc(C)c2C(=O)O)cc1.Cl.Cl. The van der Waals surface area contributed by atoms with Crippen molar-refractivity contribution in [3.8, 4) is 16.9 Å². The molecular weight excluding hydrogens is 375 g/mol. The highest BCUT2D eigenvalue weighted by Gasteiger charge is 2.23. The second-order valence-electron chi connectivity index (χ2n) is 6.21. The Morgan fingerprint density at radius 1 is 1.23 bits per heavy atom. The summed E-state index contributed by atoms with van der Waals surface area (Å²) >= 11 is 0. The van der Waals surface area contributed by atoms with Gasteiger partial charge < -0.3 is 15.6 Å². The molecule has 1 heterocycles. The molecule has 3 N–H and O–H groups in total. The maximum atomic E-state index is 11.8. The van der Waals surface area contributed by atoms with Crippen LogP contribution < -0.4 is 10.5 Å². The Kier molecular flexibility index (Phi) is 9.63. The third-order valence-corrected chi connectivity index (χ3v) is 3.96. The summed E-state index contributed by atoms with van der Waals surface area (Å²) < 4.78 is 5.19. The van der Waals surface area contributed by atoms with E-state index in [1.165, 1.54) is 0 Å². The van der Waals surface area contributed by atoms with Crippen LogP contribution in [0, 0.1) is 12.8 Å². The van der Waals surface area contributed by atoms with E-state index in [4.69, 9.17) is 10.5 Å². The molecule has 26 heavy (non-hydrogen) atoms. The predicted octanol–water partition coefficient (Wildman–Crippen LogP) is 4.26. The first kappa shape index (κ1) is 24.2. The molecule has 5 nitrogen and oxygen atoms in total. The number of carboxylic acids is 1. The Hall–Kier alpha value is -1.82. The molecule has 0 aliphatic carbocycles. The number of carbonyl (C=O) groups is 1. The van der Waals surface area contributed by atoms with Crippen molar-refractivity contribution < 1.29 is 14.6 Å². The van der Waals surface area contributed by atoms with Gasteiger partial charge in [0.2, 0.25) is 0 Å². The fraction of sp³-hybridized carbons (Fsp3) is 0.368. The number of ether oxygens (including phenoxy) is 1. The molecule has 0 amide bonds. The summed E-state index contributed by atoms with van der Waals surface area (Å²) in [7, 11) is 1.60. The summed E-state index contributed by atoms with van der Waals surface area (Å²) in [5, 5.41) is 9.70. The van der Waals surface area contributed by atoms with Gasteiger partial charge in [0.1, 0.15) is 5.75 Å². The molecule has 0 aliphatic rings. The van der Waals surface area contributed by atoms with Gasteiger partial charge >= 0.3 is 5.97 Å². The molecule has 0 aliphatic heterocycles. The van der Waals surface area contributed by atoms with Crippen LogP contribution in [0.1, 0.15) is 41.2 Å². The van der Waals surface area contributed by atoms with Crippen LogP contribution in [-0.4, -0.2) is 23.2 Å². The smallest absolute Gasteiger partial charge is 0.338 e. The first-order valence-electron chi connectivity index (χ1n) is 7.99. The third kappa shape index (κ3) is 5.10. The van der Waals surface area contributed by atoms with Crippen molar-refractivity contribution in [1.82, 2.24) is 4.98 Å². The van der Waals surface area contributed by atoms with E-state index in [1.54, 1.807) is 14.0 Å². The minimum Gasteiger partial charge on any atom is -0.497 e. The van der Waals surface area contributed by atoms with Gasteiger partial charge in [-0.25, -0.2) is 4.79 Å². The van der Waals surface area contributed by atoms with Gasteiger partial charge in [-0.2, -0.15) is 0 Å². The van der Waals surface area contributed by atoms with Gasteiger partial charge in [0.05, 0.1) is 18.4 Å². The van der Waals surface area contributed by atoms with Crippen LogP contribution in [0.4, 0.5) is 0 Å². The molecule has 0 spiro atoms. The zero-order chi connectivity index (χ0) is 17.9. The van der Waals surface area contributed by atoms with Gasteiger partial charge in [0.15, 0.2) is 0 Å². The lowest BCUT2D eigenvalue weighted by molar-refractivity contribution is 0.0696. The molecule has 0 bridgehead atoms. The number of aromatic carboxylic acids is 1. The molecule has 0 saturated carbocycles. The summed E-state index contributed by atoms with van der Waals surface area (Å²) in [4.78, 5) is 16.4. The fourth-order valence-corrected chi connectivity index (χ4v) is 2.92. The predicted molar refractivity (Wildman–Crippen MR) is 109 cm³/mol. The molecular formula is C19H26Cl2N2O3. The van der Waals surface area contributed by atoms with Crippen molar-refractivity contribution in [1.29, 1.82) is 0 Å². The zero-order valence-corrected chi connectivity index (χ0v) is 17.0. The van der Waals surface area contributed by atoms with E-state index in [2.05, 4.69) is 18.8 Å². The standard InChI is InChI=1S/C19H24N2O3.2ClH/c1-11(2)9-16-15(10-20)18(17(19(22)23)12(3)21-16)13-5-7-14(24-4)8-6-13;;/h5-8,11H,9-10,20H2,1-4H3,(H,22,23);2*1H. The van der Waals surface area contributed by atoms with Gasteiger partial charge in [0, 0.05) is 17.8 Å². The summed E-state index contributed by atoms with van der Waals surface area (Å²) in [5.41, 5.74) is 9.86. The molecule has 0 atom stereocenters. The Bertz CT molecular complexity index is 747. The lowest BCUT2D eigenvalue weighted by Crippen LogP contribution is -2.15. The van der Waals surface area contributed by atoms with E-state index in [0.717, 1.165) is 29.0 Å². The minimum absolute atomic E-state index is 0. The molecule has 1 aromatic carbocycles. The monoisotopic (exact) mass is 400 g/mol. The number of nitrogens with zero attached hydrogens (tertiary/aromatic N) is 1. The first-order valence-corrected chi connectivity index (χ1v) is 7.99. The molecule has 1 aromatic heterocycles. The average Bonchev–Trinajstić information content (AvgIpc) is 2.53. The maximum Gasteiger partial charge on any atom is 0.338 e. The van der Waals surface area contributed by atoms with Crippen LogP contribution in [0.3, 0.4) is 0 Å². The van der Waals surface area contributed by atoms with Crippen molar-refractivity contribution >= 4 is 30.8 Å². The van der Waals surface area contributed by atoms with Crippen molar-refractivity contribution in [2.45, 2.75) is 33.7 Å². The Morgan fingerprint density at radius 2 is 1.81 bits per heavy atom. The van der Waals surface area contributed by atoms with E-state index in [-0.39, 0.29) is 36.9 Å². The number of pyridine rings is 1. The van der Waals surface area contributed by atoms with Gasteiger partial charge in [-0.05, 0) is 42.5 Å². The molecule has 144 valence electrons. The van der Waals surface area contributed by atoms with Crippen LogP contribution in [0.2, 0.25) is 0 Å². The number of carboxylic acid groups (broad SMARTS) is 1. The summed E-state index contributed by atoms with van der Waals surface area (Å²) in [6.45, 7) is 6.20. The van der Waals surface area contributed by atoms with Crippen LogP contribution in [0.15, 0.2) is 24.3 Å². The number of methoxy groups -OCH3 is 1. The first-order chi connectivity index (χ1) is 11.4. The number of halogens is 2. The number of aromatic nitrogens is 1. The molecule has 0 fully saturated rings. The molecule has 0 saturated heterocycles. The summed E-state index contributed by atoms with van der Waals surface area (Å²) in [6, 6.07) is 7.36. The number of hydrogen-bond acceptors (Lipinski definition) is 4. The Labute approximate surface area is 166 Å². The highest BCUT2D eigenvalue weighted by atomic mass is 35.5. The quantitative estimate of drug-likeness (QED) is 0.755. The molecule has 7 heteroatoms. The van der Waals surface area contributed by atoms with E-state index in [0.29, 0.717) is 17.2 Å². The Morgan fingerprint density at radius 3 is 2.23 bits per heavy atom. The molecule has 0 unspecified atom stereocenters. The number of aryl methyl sites for hydroxylation is 1. The van der Waals surface area contributed by atoms with Crippen LogP contribution in [-0.2, 0) is 13.0 Å². The van der Waals surface area contributed by atoms with Gasteiger partial charge in [-0.15, -0.1) is 24.8 Å². The van der Waals surface area contributed by atoms with E-state index in [9.17, 15) is 9.90 Å². The average molecular weight is 401 g/mol. The second kappa shape index (κ2) is 10.4. The number of hydrogen-bond donors (Lipinski definition) is 2. The molecule has 2 aromatic rings. The minimum atomic E-state index is -0.989. The normalized spacial score (nSPS) is 10.1. The van der Waals surface area contributed by atoms with Crippen molar-refractivity contribution in [3.05, 3.63) is 46.8 Å². The number of rotatable bonds is 6. The maximum absolute atomic E-state index is 11.8. The molecule has 2 rings (SSSR count). The van der Waals surface area contributed by atoms with Crippen LogP contribution in [0.25, 0.3) is 11.1 Å². The van der Waals surface area contributed by atoms with Gasteiger partial charge in [-0.1, -0.05) is 26.0 Å². The molecule has 0 radical (unpaired) electrons. The third-order valence-electron chi connectivity index (χ3n) is 3.96. The van der Waals surface area contributed by atoms with Crippen molar-refractivity contribution in [2.75, 3.05) is 7.11 Å². The van der Waals surface area contributed by atoms with Crippen molar-refractivity contribution in [3.63, 3.8) is 0 Å². The second-order valence-corrected chi connectivity index (χ2v) is 6.21. The van der Waals surface area contributed by atoms with E-state index >= 15 is 0 Å². The summed E-state index contributed by atoms with van der Waals surface area (Å²) in [5.74, 6) is 0.135. The van der Waals surface area contributed by atoms with Gasteiger partial charge in [0.25, 0.3) is 0 Å². The summed E-state index contributed by atoms with van der Waals surface area (Å²) in [6.07, 6.45) is 0.760. The van der Waals surface area contributed by atoms with E-state index in [1.807, 2.05) is 24.3 Å². The topological polar surface area (TPSA) is 85.4 Å². The largest absolute Gasteiger partial charge is 0.497 e. The highest BCUT2D eigenvalue weighted by molar-refractivity contribution is 5.98. The lowest BCUT2D eigenvalue weighted by Gasteiger charge is -2.19. The zero-order valence-electron chi connectivity index (χ0n) is 15.4. The lowest BCUT2D eigenvalue weighted by atomic mass is 9.90. The fourth-order valence-electron chi connectivity index (χ4n) is 2.92. The Balaban J connectivity index is 0.00000312. The number of benzene rings is 1. The van der Waals surface area contributed by atoms with Gasteiger partial charge in [-0.3, -0.25) is 4.98 Å². The van der Waals surface area contributed by atoms with E-state index < -0.39 is 5.97 Å².